The first kappa shape index (κ1) is 11.4. The quantitative estimate of drug-likeness (QED) is 0.633. The Morgan fingerprint density at radius 2 is 2.07 bits per heavy atom. The van der Waals surface area contributed by atoms with E-state index in [1.807, 2.05) is 0 Å². The molecule has 0 aromatic heterocycles. The molecular weight excluding hydrogens is 186 g/mol. The first-order valence-electron chi connectivity index (χ1n) is 6.73. The minimum atomic E-state index is 0.467. The van der Waals surface area contributed by atoms with Gasteiger partial charge >= 0.3 is 0 Å². The Morgan fingerprint density at radius 1 is 1.27 bits per heavy atom. The highest BCUT2D eigenvalue weighted by Gasteiger charge is 2.23. The molecule has 2 aliphatic rings. The lowest BCUT2D eigenvalue weighted by molar-refractivity contribution is 0.0431. The summed E-state index contributed by atoms with van der Waals surface area (Å²) in [6.45, 7) is 4.30. The number of hydrogen-bond donors (Lipinski definition) is 1. The number of nitrogens with one attached hydrogen (secondary N) is 1. The van der Waals surface area contributed by atoms with Gasteiger partial charge in [0.2, 0.25) is 0 Å². The van der Waals surface area contributed by atoms with Crippen LogP contribution in [0, 0.1) is 5.92 Å². The normalized spacial score (nSPS) is 23.0. The number of ether oxygens (including phenoxy) is 1. The monoisotopic (exact) mass is 211 g/mol. The van der Waals surface area contributed by atoms with Gasteiger partial charge in [-0.05, 0) is 31.6 Å². The maximum Gasteiger partial charge on any atom is 0.0699 e. The van der Waals surface area contributed by atoms with E-state index >= 15 is 0 Å². The van der Waals surface area contributed by atoms with E-state index in [2.05, 4.69) is 12.2 Å². The molecule has 0 aromatic carbocycles. The van der Waals surface area contributed by atoms with Crippen LogP contribution in [0.4, 0.5) is 0 Å². The van der Waals surface area contributed by atoms with E-state index in [-0.39, 0.29) is 0 Å². The highest BCUT2D eigenvalue weighted by Crippen LogP contribution is 2.32. The lowest BCUT2D eigenvalue weighted by Gasteiger charge is -2.17. The van der Waals surface area contributed by atoms with Gasteiger partial charge < -0.3 is 10.1 Å². The molecule has 88 valence electrons. The van der Waals surface area contributed by atoms with Gasteiger partial charge in [-0.2, -0.15) is 0 Å². The Morgan fingerprint density at radius 3 is 2.67 bits per heavy atom. The molecule has 0 bridgehead atoms. The summed E-state index contributed by atoms with van der Waals surface area (Å²) in [5.41, 5.74) is 0. The van der Waals surface area contributed by atoms with Gasteiger partial charge in [0, 0.05) is 19.2 Å². The Hall–Kier alpha value is -0.0800. The lowest BCUT2D eigenvalue weighted by atomic mass is 10.2. The molecule has 0 spiro atoms. The standard InChI is InChI=1S/C13H25NO/c1-2-3-13(10-14-12-6-7-12)15-9-8-11-4-5-11/h11-14H,2-10H2,1H3. The summed E-state index contributed by atoms with van der Waals surface area (Å²) in [6, 6.07) is 0.816. The van der Waals surface area contributed by atoms with Crippen molar-refractivity contribution in [2.24, 2.45) is 5.92 Å². The second-order valence-electron chi connectivity index (χ2n) is 5.20. The van der Waals surface area contributed by atoms with Gasteiger partial charge in [0.15, 0.2) is 0 Å². The van der Waals surface area contributed by atoms with Crippen molar-refractivity contribution in [2.75, 3.05) is 13.2 Å². The number of hydrogen-bond acceptors (Lipinski definition) is 2. The van der Waals surface area contributed by atoms with Crippen molar-refractivity contribution >= 4 is 0 Å². The smallest absolute Gasteiger partial charge is 0.0699 e. The van der Waals surface area contributed by atoms with Crippen LogP contribution < -0.4 is 5.32 Å². The van der Waals surface area contributed by atoms with E-state index in [1.165, 1.54) is 44.9 Å². The third-order valence-corrected chi connectivity index (χ3v) is 3.40. The molecule has 2 nitrogen and oxygen atoms in total. The topological polar surface area (TPSA) is 21.3 Å². The van der Waals surface area contributed by atoms with Crippen LogP contribution in [0.3, 0.4) is 0 Å². The summed E-state index contributed by atoms with van der Waals surface area (Å²) in [4.78, 5) is 0. The molecule has 1 unspecified atom stereocenters. The fourth-order valence-corrected chi connectivity index (χ4v) is 1.96. The molecule has 0 amide bonds. The van der Waals surface area contributed by atoms with Crippen molar-refractivity contribution in [1.82, 2.24) is 5.32 Å². The summed E-state index contributed by atoms with van der Waals surface area (Å²) in [5.74, 6) is 1.00. The molecule has 0 aromatic rings. The molecule has 0 heterocycles. The third-order valence-electron chi connectivity index (χ3n) is 3.40. The van der Waals surface area contributed by atoms with E-state index in [0.29, 0.717) is 6.10 Å². The minimum absolute atomic E-state index is 0.467. The van der Waals surface area contributed by atoms with Crippen LogP contribution in [-0.4, -0.2) is 25.3 Å². The van der Waals surface area contributed by atoms with Gasteiger partial charge in [-0.25, -0.2) is 0 Å². The summed E-state index contributed by atoms with van der Waals surface area (Å²) in [7, 11) is 0. The third kappa shape index (κ3) is 4.98. The zero-order chi connectivity index (χ0) is 10.5. The molecule has 1 atom stereocenters. The van der Waals surface area contributed by atoms with Crippen LogP contribution >= 0.6 is 0 Å². The van der Waals surface area contributed by atoms with Gasteiger partial charge in [0.05, 0.1) is 6.10 Å². The van der Waals surface area contributed by atoms with Crippen molar-refractivity contribution in [3.05, 3.63) is 0 Å². The summed E-state index contributed by atoms with van der Waals surface area (Å²) < 4.78 is 5.95. The molecule has 2 rings (SSSR count). The van der Waals surface area contributed by atoms with Crippen LogP contribution in [-0.2, 0) is 4.74 Å². The average molecular weight is 211 g/mol. The molecule has 0 saturated heterocycles. The maximum absolute atomic E-state index is 5.95. The fourth-order valence-electron chi connectivity index (χ4n) is 1.96. The predicted molar refractivity (Wildman–Crippen MR) is 63.0 cm³/mol. The molecule has 2 aliphatic carbocycles. The summed E-state index contributed by atoms with van der Waals surface area (Å²) in [5, 5.41) is 3.57. The van der Waals surface area contributed by atoms with Crippen molar-refractivity contribution < 1.29 is 4.74 Å². The fraction of sp³-hybridized carbons (Fsp3) is 1.00. The second-order valence-corrected chi connectivity index (χ2v) is 5.20. The molecule has 2 saturated carbocycles. The molecule has 0 aliphatic heterocycles. The van der Waals surface area contributed by atoms with Crippen LogP contribution in [0.2, 0.25) is 0 Å². The molecule has 15 heavy (non-hydrogen) atoms. The molecular formula is C13H25NO. The number of rotatable bonds is 9. The summed E-state index contributed by atoms with van der Waals surface area (Å²) in [6.07, 6.45) is 9.86. The van der Waals surface area contributed by atoms with Crippen molar-refractivity contribution in [1.29, 1.82) is 0 Å². The Labute approximate surface area is 93.8 Å². The highest BCUT2D eigenvalue weighted by atomic mass is 16.5. The van der Waals surface area contributed by atoms with Crippen molar-refractivity contribution in [2.45, 2.75) is 64.0 Å². The van der Waals surface area contributed by atoms with Crippen LogP contribution in [0.5, 0.6) is 0 Å². The van der Waals surface area contributed by atoms with E-state index in [1.54, 1.807) is 0 Å². The zero-order valence-corrected chi connectivity index (χ0v) is 10.0. The first-order chi connectivity index (χ1) is 7.38. The molecule has 2 fully saturated rings. The van der Waals surface area contributed by atoms with Crippen LogP contribution in [0.25, 0.3) is 0 Å². The van der Waals surface area contributed by atoms with Gasteiger partial charge in [0.25, 0.3) is 0 Å². The van der Waals surface area contributed by atoms with Crippen LogP contribution in [0.1, 0.15) is 51.9 Å². The van der Waals surface area contributed by atoms with Gasteiger partial charge in [-0.3, -0.25) is 0 Å². The maximum atomic E-state index is 5.95. The Bertz CT molecular complexity index is 175. The van der Waals surface area contributed by atoms with E-state index < -0.39 is 0 Å². The average Bonchev–Trinajstić information content (AvgIpc) is 3.08. The van der Waals surface area contributed by atoms with Gasteiger partial charge in [0.1, 0.15) is 0 Å². The van der Waals surface area contributed by atoms with Crippen molar-refractivity contribution in [3.8, 4) is 0 Å². The van der Waals surface area contributed by atoms with E-state index in [0.717, 1.165) is 25.1 Å². The largest absolute Gasteiger partial charge is 0.377 e. The lowest BCUT2D eigenvalue weighted by Crippen LogP contribution is -2.30. The zero-order valence-electron chi connectivity index (χ0n) is 10.0. The second kappa shape index (κ2) is 5.86. The minimum Gasteiger partial charge on any atom is -0.377 e. The van der Waals surface area contributed by atoms with E-state index in [9.17, 15) is 0 Å². The van der Waals surface area contributed by atoms with E-state index in [4.69, 9.17) is 4.74 Å². The first-order valence-corrected chi connectivity index (χ1v) is 6.73. The van der Waals surface area contributed by atoms with Crippen molar-refractivity contribution in [3.63, 3.8) is 0 Å². The predicted octanol–water partition coefficient (Wildman–Crippen LogP) is 2.72. The molecule has 1 N–H and O–H groups in total. The van der Waals surface area contributed by atoms with Gasteiger partial charge in [-0.15, -0.1) is 0 Å². The molecule has 2 heteroatoms. The highest BCUT2D eigenvalue weighted by molar-refractivity contribution is 4.82. The van der Waals surface area contributed by atoms with Crippen LogP contribution in [0.15, 0.2) is 0 Å². The van der Waals surface area contributed by atoms with Gasteiger partial charge in [-0.1, -0.05) is 26.2 Å². The Balaban J connectivity index is 1.53. The molecule has 0 radical (unpaired) electrons. The summed E-state index contributed by atoms with van der Waals surface area (Å²) >= 11 is 0. The SMILES string of the molecule is CCCC(CNC1CC1)OCCC1CC1. The Kier molecular flexibility index (Phi) is 4.45.